The van der Waals surface area contributed by atoms with Gasteiger partial charge in [-0.05, 0) is 35.4 Å². The van der Waals surface area contributed by atoms with Gasteiger partial charge in [0.2, 0.25) is 0 Å². The maximum atomic E-state index is 12.2. The topological polar surface area (TPSA) is 75.4 Å². The molecule has 2 aromatic carbocycles. The van der Waals surface area contributed by atoms with Gasteiger partial charge in [-0.25, -0.2) is 0 Å². The van der Waals surface area contributed by atoms with E-state index in [2.05, 4.69) is 5.32 Å². The molecule has 102 valence electrons. The van der Waals surface area contributed by atoms with Gasteiger partial charge in [0, 0.05) is 17.7 Å². The number of carbonyl (C=O) groups excluding carboxylic acids is 1. The van der Waals surface area contributed by atoms with E-state index >= 15 is 0 Å². The fourth-order valence-corrected chi connectivity index (χ4v) is 2.61. The van der Waals surface area contributed by atoms with Crippen molar-refractivity contribution in [1.29, 1.82) is 0 Å². The molecular formula is C16H16N2O2. The summed E-state index contributed by atoms with van der Waals surface area (Å²) in [7, 11) is 0. The standard InChI is InChI=1S/C16H16N2O2/c17-12-7-5-10(6-8-12)16(20)18-15-13-4-2-1-3-11(13)9-14(15)19/h1-8,14-15,19H,9,17H2,(H,18,20)/t14-,15+/m0/s1. The second kappa shape index (κ2) is 4.98. The van der Waals surface area contributed by atoms with E-state index in [-0.39, 0.29) is 11.9 Å². The molecule has 3 rings (SSSR count). The van der Waals surface area contributed by atoms with Crippen molar-refractivity contribution in [2.75, 3.05) is 5.73 Å². The highest BCUT2D eigenvalue weighted by molar-refractivity contribution is 5.94. The predicted octanol–water partition coefficient (Wildman–Crippen LogP) is 1.66. The minimum atomic E-state index is -0.579. The predicted molar refractivity (Wildman–Crippen MR) is 77.2 cm³/mol. The average molecular weight is 268 g/mol. The summed E-state index contributed by atoms with van der Waals surface area (Å²) in [5.41, 5.74) is 8.84. The molecule has 0 unspecified atom stereocenters. The van der Waals surface area contributed by atoms with Crippen LogP contribution in [-0.4, -0.2) is 17.1 Å². The Hall–Kier alpha value is -2.33. The molecule has 1 aliphatic rings. The number of nitrogens with one attached hydrogen (secondary N) is 1. The third-order valence-electron chi connectivity index (χ3n) is 3.66. The SMILES string of the molecule is Nc1ccc(C(=O)N[C@@H]2c3ccccc3C[C@@H]2O)cc1. The summed E-state index contributed by atoms with van der Waals surface area (Å²) in [5, 5.41) is 13.0. The number of amides is 1. The highest BCUT2D eigenvalue weighted by atomic mass is 16.3. The van der Waals surface area contributed by atoms with Gasteiger partial charge in [-0.1, -0.05) is 24.3 Å². The summed E-state index contributed by atoms with van der Waals surface area (Å²) in [6.07, 6.45) is -0.00630. The third kappa shape index (κ3) is 2.26. The molecule has 20 heavy (non-hydrogen) atoms. The van der Waals surface area contributed by atoms with Crippen molar-refractivity contribution in [3.63, 3.8) is 0 Å². The van der Waals surface area contributed by atoms with E-state index in [1.54, 1.807) is 24.3 Å². The number of benzene rings is 2. The minimum Gasteiger partial charge on any atom is -0.399 e. The molecule has 0 radical (unpaired) electrons. The molecule has 0 saturated heterocycles. The van der Waals surface area contributed by atoms with E-state index in [0.29, 0.717) is 17.7 Å². The molecule has 0 saturated carbocycles. The third-order valence-corrected chi connectivity index (χ3v) is 3.66. The van der Waals surface area contributed by atoms with Gasteiger partial charge in [-0.2, -0.15) is 0 Å². The average Bonchev–Trinajstić information content (AvgIpc) is 2.76. The maximum Gasteiger partial charge on any atom is 0.251 e. The lowest BCUT2D eigenvalue weighted by molar-refractivity contribution is 0.0858. The van der Waals surface area contributed by atoms with Crippen molar-refractivity contribution in [2.45, 2.75) is 18.6 Å². The zero-order valence-corrected chi connectivity index (χ0v) is 10.9. The number of aliphatic hydroxyl groups is 1. The molecule has 4 N–H and O–H groups in total. The van der Waals surface area contributed by atoms with Crippen LogP contribution in [0.5, 0.6) is 0 Å². The van der Waals surface area contributed by atoms with Crippen LogP contribution in [0.4, 0.5) is 5.69 Å². The Kier molecular flexibility index (Phi) is 3.16. The van der Waals surface area contributed by atoms with Gasteiger partial charge in [-0.3, -0.25) is 4.79 Å². The molecule has 1 amide bonds. The van der Waals surface area contributed by atoms with Crippen LogP contribution in [0.2, 0.25) is 0 Å². The van der Waals surface area contributed by atoms with Gasteiger partial charge in [0.15, 0.2) is 0 Å². The highest BCUT2D eigenvalue weighted by Crippen LogP contribution is 2.31. The molecule has 2 aromatic rings. The fourth-order valence-electron chi connectivity index (χ4n) is 2.61. The maximum absolute atomic E-state index is 12.2. The highest BCUT2D eigenvalue weighted by Gasteiger charge is 2.31. The first kappa shape index (κ1) is 12.7. The zero-order chi connectivity index (χ0) is 14.1. The van der Waals surface area contributed by atoms with E-state index in [1.807, 2.05) is 24.3 Å². The first-order valence-electron chi connectivity index (χ1n) is 6.57. The summed E-state index contributed by atoms with van der Waals surface area (Å²) < 4.78 is 0. The lowest BCUT2D eigenvalue weighted by Gasteiger charge is -2.18. The number of fused-ring (bicyclic) bond motifs is 1. The Balaban J connectivity index is 1.81. The van der Waals surface area contributed by atoms with Gasteiger partial charge in [0.25, 0.3) is 5.91 Å². The number of anilines is 1. The molecular weight excluding hydrogens is 252 g/mol. The van der Waals surface area contributed by atoms with Gasteiger partial charge in [0.1, 0.15) is 0 Å². The lowest BCUT2D eigenvalue weighted by Crippen LogP contribution is -2.33. The first-order chi connectivity index (χ1) is 9.65. The first-order valence-corrected chi connectivity index (χ1v) is 6.57. The summed E-state index contributed by atoms with van der Waals surface area (Å²) in [5.74, 6) is -0.203. The molecule has 0 aliphatic heterocycles. The molecule has 0 bridgehead atoms. The summed E-state index contributed by atoms with van der Waals surface area (Å²) >= 11 is 0. The normalized spacial score (nSPS) is 20.4. The van der Waals surface area contributed by atoms with Crippen LogP contribution in [0, 0.1) is 0 Å². The van der Waals surface area contributed by atoms with Gasteiger partial charge < -0.3 is 16.2 Å². The monoisotopic (exact) mass is 268 g/mol. The van der Waals surface area contributed by atoms with E-state index in [4.69, 9.17) is 5.73 Å². The molecule has 0 fully saturated rings. The van der Waals surface area contributed by atoms with Crippen LogP contribution in [0.3, 0.4) is 0 Å². The van der Waals surface area contributed by atoms with Crippen LogP contribution in [0.25, 0.3) is 0 Å². The van der Waals surface area contributed by atoms with E-state index < -0.39 is 6.10 Å². The summed E-state index contributed by atoms with van der Waals surface area (Å²) in [6, 6.07) is 14.2. The minimum absolute atomic E-state index is 0.203. The van der Waals surface area contributed by atoms with Crippen LogP contribution in [0.1, 0.15) is 27.5 Å². The number of hydrogen-bond acceptors (Lipinski definition) is 3. The smallest absolute Gasteiger partial charge is 0.251 e. The number of aliphatic hydroxyl groups excluding tert-OH is 1. The molecule has 0 spiro atoms. The molecule has 0 heterocycles. The Morgan fingerprint density at radius 2 is 1.85 bits per heavy atom. The van der Waals surface area contributed by atoms with Crippen molar-refractivity contribution in [2.24, 2.45) is 0 Å². The van der Waals surface area contributed by atoms with Crippen LogP contribution >= 0.6 is 0 Å². The number of nitrogens with two attached hydrogens (primary N) is 1. The largest absolute Gasteiger partial charge is 0.399 e. The Labute approximate surface area is 117 Å². The van der Waals surface area contributed by atoms with Crippen molar-refractivity contribution in [1.82, 2.24) is 5.32 Å². The number of rotatable bonds is 2. The number of hydrogen-bond donors (Lipinski definition) is 3. The quantitative estimate of drug-likeness (QED) is 0.725. The van der Waals surface area contributed by atoms with Crippen LogP contribution in [0.15, 0.2) is 48.5 Å². The van der Waals surface area contributed by atoms with Gasteiger partial charge in [-0.15, -0.1) is 0 Å². The number of nitrogen functional groups attached to an aromatic ring is 1. The summed E-state index contributed by atoms with van der Waals surface area (Å²) in [4.78, 5) is 12.2. The lowest BCUT2D eigenvalue weighted by atomic mass is 10.1. The molecule has 4 heteroatoms. The van der Waals surface area contributed by atoms with Crippen molar-refractivity contribution < 1.29 is 9.90 Å². The molecule has 2 atom stereocenters. The van der Waals surface area contributed by atoms with Gasteiger partial charge in [0.05, 0.1) is 12.1 Å². The van der Waals surface area contributed by atoms with Crippen molar-refractivity contribution >= 4 is 11.6 Å². The Morgan fingerprint density at radius 3 is 2.60 bits per heavy atom. The van der Waals surface area contributed by atoms with Crippen LogP contribution in [-0.2, 0) is 6.42 Å². The second-order valence-electron chi connectivity index (χ2n) is 5.04. The van der Waals surface area contributed by atoms with E-state index in [1.165, 1.54) is 0 Å². The van der Waals surface area contributed by atoms with E-state index in [0.717, 1.165) is 11.1 Å². The van der Waals surface area contributed by atoms with Crippen molar-refractivity contribution in [3.8, 4) is 0 Å². The molecule has 4 nitrogen and oxygen atoms in total. The summed E-state index contributed by atoms with van der Waals surface area (Å²) in [6.45, 7) is 0. The Bertz CT molecular complexity index is 637. The van der Waals surface area contributed by atoms with Gasteiger partial charge >= 0.3 is 0 Å². The zero-order valence-electron chi connectivity index (χ0n) is 10.9. The second-order valence-corrected chi connectivity index (χ2v) is 5.04. The molecule has 0 aromatic heterocycles. The van der Waals surface area contributed by atoms with Crippen molar-refractivity contribution in [3.05, 3.63) is 65.2 Å². The fraction of sp³-hybridized carbons (Fsp3) is 0.188. The molecule has 1 aliphatic carbocycles. The van der Waals surface area contributed by atoms with E-state index in [9.17, 15) is 9.90 Å². The number of carbonyl (C=O) groups is 1. The van der Waals surface area contributed by atoms with Crippen LogP contribution < -0.4 is 11.1 Å². The Morgan fingerprint density at radius 1 is 1.15 bits per heavy atom.